The molecular formula is C33H41ClN4O7S. The summed E-state index contributed by atoms with van der Waals surface area (Å²) >= 11 is 6.29. The number of fused-ring (bicyclic) bond motifs is 3. The summed E-state index contributed by atoms with van der Waals surface area (Å²) in [6, 6.07) is 7.78. The molecule has 4 atom stereocenters. The number of alkyl carbamates (subject to hydrolysis) is 1. The van der Waals surface area contributed by atoms with Crippen LogP contribution >= 0.6 is 11.6 Å². The van der Waals surface area contributed by atoms with Gasteiger partial charge in [0.05, 0.1) is 4.90 Å². The molecule has 2 aromatic rings. The van der Waals surface area contributed by atoms with Crippen molar-refractivity contribution >= 4 is 56.2 Å². The lowest BCUT2D eigenvalue weighted by Crippen LogP contribution is -2.58. The van der Waals surface area contributed by atoms with Gasteiger partial charge in [0.15, 0.2) is 0 Å². The fourth-order valence-corrected chi connectivity index (χ4v) is 7.79. The molecule has 0 spiro atoms. The van der Waals surface area contributed by atoms with Gasteiger partial charge in [-0.3, -0.25) is 14.4 Å². The van der Waals surface area contributed by atoms with Crippen molar-refractivity contribution in [3.8, 4) is 0 Å². The predicted octanol–water partition coefficient (Wildman–Crippen LogP) is 4.58. The van der Waals surface area contributed by atoms with Crippen molar-refractivity contribution < 1.29 is 32.3 Å². The summed E-state index contributed by atoms with van der Waals surface area (Å²) < 4.78 is 34.8. The third-order valence-corrected chi connectivity index (χ3v) is 10.4. The third-order valence-electron chi connectivity index (χ3n) is 8.67. The highest BCUT2D eigenvalue weighted by atomic mass is 35.5. The summed E-state index contributed by atoms with van der Waals surface area (Å²) in [6.45, 7) is 5.52. The second-order valence-corrected chi connectivity index (χ2v) is 15.3. The molecule has 13 heteroatoms. The second-order valence-electron chi connectivity index (χ2n) is 13.3. The Morgan fingerprint density at radius 1 is 1.02 bits per heavy atom. The largest absolute Gasteiger partial charge is 0.444 e. The molecule has 4 amide bonds. The zero-order chi connectivity index (χ0) is 33.3. The van der Waals surface area contributed by atoms with E-state index < -0.39 is 57.1 Å². The maximum absolute atomic E-state index is 13.8. The number of halogens is 1. The number of ether oxygens (including phenoxy) is 1. The van der Waals surface area contributed by atoms with Gasteiger partial charge in [0.2, 0.25) is 11.8 Å². The standard InChI is InChI=1S/C33H41ClN4O7S/c1-32(2,3)45-31(42)35-25-16-8-6-4-5-7-12-21-20-33(21,36-28(39)26-17-11-19-38(26)29(25)40)30(41)37-46(43,44)27-18-10-13-22-23(27)14-9-15-24(22)34/h7,9-10,12-15,18,21,25-26H,4-6,8,11,16-17,19-20H2,1-3H3,(H,35,42)(H,36,39)(H,37,41)/t21-,25+,26+,33-/m1/s1. The van der Waals surface area contributed by atoms with E-state index in [-0.39, 0.29) is 17.2 Å². The van der Waals surface area contributed by atoms with Crippen LogP contribution in [0.15, 0.2) is 53.4 Å². The molecule has 0 radical (unpaired) electrons. The first-order valence-electron chi connectivity index (χ1n) is 15.7. The number of rotatable bonds is 4. The predicted molar refractivity (Wildman–Crippen MR) is 173 cm³/mol. The molecule has 3 aliphatic rings. The number of carbonyl (C=O) groups is 4. The zero-order valence-corrected chi connectivity index (χ0v) is 27.9. The minimum absolute atomic E-state index is 0.107. The van der Waals surface area contributed by atoms with Crippen LogP contribution in [0.5, 0.6) is 0 Å². The minimum Gasteiger partial charge on any atom is -0.444 e. The van der Waals surface area contributed by atoms with Gasteiger partial charge in [-0.05, 0) is 71.4 Å². The minimum atomic E-state index is -4.36. The smallest absolute Gasteiger partial charge is 0.408 e. The number of sulfonamides is 1. The number of amides is 4. The highest BCUT2D eigenvalue weighted by Gasteiger charge is 2.61. The normalized spacial score (nSPS) is 25.8. The van der Waals surface area contributed by atoms with E-state index in [4.69, 9.17) is 16.3 Å². The summed E-state index contributed by atoms with van der Waals surface area (Å²) in [4.78, 5) is 55.4. The first-order valence-corrected chi connectivity index (χ1v) is 17.6. The summed E-state index contributed by atoms with van der Waals surface area (Å²) in [6.07, 6.45) is 7.60. The van der Waals surface area contributed by atoms with Gasteiger partial charge in [-0.2, -0.15) is 0 Å². The summed E-state index contributed by atoms with van der Waals surface area (Å²) in [5.41, 5.74) is -2.26. The van der Waals surface area contributed by atoms with Crippen molar-refractivity contribution in [2.45, 2.75) is 100 Å². The maximum Gasteiger partial charge on any atom is 0.408 e. The first-order chi connectivity index (χ1) is 21.7. The molecule has 0 bridgehead atoms. The molecule has 0 unspecified atom stereocenters. The van der Waals surface area contributed by atoms with E-state index in [1.807, 2.05) is 12.2 Å². The van der Waals surface area contributed by atoms with Crippen molar-refractivity contribution in [3.05, 3.63) is 53.6 Å². The van der Waals surface area contributed by atoms with E-state index >= 15 is 0 Å². The van der Waals surface area contributed by atoms with Crippen LogP contribution in [0.1, 0.15) is 72.1 Å². The number of allylic oxidation sites excluding steroid dienone is 1. The molecule has 248 valence electrons. The van der Waals surface area contributed by atoms with E-state index in [0.29, 0.717) is 54.4 Å². The molecule has 1 saturated heterocycles. The molecule has 1 aliphatic carbocycles. The fraction of sp³-hybridized carbons (Fsp3) is 0.515. The van der Waals surface area contributed by atoms with Crippen LogP contribution in [0.3, 0.4) is 0 Å². The van der Waals surface area contributed by atoms with Gasteiger partial charge in [-0.15, -0.1) is 0 Å². The van der Waals surface area contributed by atoms with Crippen LogP contribution in [0.4, 0.5) is 4.79 Å². The molecular weight excluding hydrogens is 632 g/mol. The number of carbonyl (C=O) groups excluding carboxylic acids is 4. The molecule has 2 fully saturated rings. The molecule has 46 heavy (non-hydrogen) atoms. The molecule has 1 saturated carbocycles. The van der Waals surface area contributed by atoms with E-state index in [2.05, 4.69) is 15.4 Å². The van der Waals surface area contributed by atoms with Crippen LogP contribution in [0.25, 0.3) is 10.8 Å². The number of nitrogens with zero attached hydrogens (tertiary/aromatic N) is 1. The van der Waals surface area contributed by atoms with Gasteiger partial charge < -0.3 is 20.3 Å². The Balaban J connectivity index is 1.39. The summed E-state index contributed by atoms with van der Waals surface area (Å²) in [7, 11) is -4.36. The highest BCUT2D eigenvalue weighted by Crippen LogP contribution is 2.46. The Kier molecular flexibility index (Phi) is 9.70. The van der Waals surface area contributed by atoms with Crippen molar-refractivity contribution in [2.75, 3.05) is 6.54 Å². The highest BCUT2D eigenvalue weighted by molar-refractivity contribution is 7.90. The Morgan fingerprint density at radius 3 is 2.52 bits per heavy atom. The van der Waals surface area contributed by atoms with Gasteiger partial charge in [0.25, 0.3) is 15.9 Å². The Bertz CT molecular complexity index is 1670. The molecule has 3 N–H and O–H groups in total. The van der Waals surface area contributed by atoms with Crippen LogP contribution in [0, 0.1) is 5.92 Å². The van der Waals surface area contributed by atoms with Crippen molar-refractivity contribution in [2.24, 2.45) is 5.92 Å². The Labute approximate surface area is 274 Å². The second kappa shape index (κ2) is 13.2. The van der Waals surface area contributed by atoms with Crippen molar-refractivity contribution in [1.29, 1.82) is 0 Å². The number of benzene rings is 2. The zero-order valence-electron chi connectivity index (χ0n) is 26.3. The summed E-state index contributed by atoms with van der Waals surface area (Å²) in [5.74, 6) is -2.21. The molecule has 2 aliphatic heterocycles. The van der Waals surface area contributed by atoms with Crippen LogP contribution in [0.2, 0.25) is 5.02 Å². The topological polar surface area (TPSA) is 151 Å². The van der Waals surface area contributed by atoms with Gasteiger partial charge in [0.1, 0.15) is 23.2 Å². The van der Waals surface area contributed by atoms with Gasteiger partial charge in [-0.1, -0.05) is 60.9 Å². The molecule has 5 rings (SSSR count). The first kappa shape index (κ1) is 33.7. The number of nitrogens with one attached hydrogen (secondary N) is 3. The summed E-state index contributed by atoms with van der Waals surface area (Å²) in [5, 5.41) is 6.81. The molecule has 11 nitrogen and oxygen atoms in total. The molecule has 2 heterocycles. The fourth-order valence-electron chi connectivity index (χ4n) is 6.29. The van der Waals surface area contributed by atoms with E-state index in [1.54, 1.807) is 51.1 Å². The molecule has 2 aromatic carbocycles. The average Bonchev–Trinajstić information content (AvgIpc) is 3.44. The third kappa shape index (κ3) is 7.33. The SMILES string of the molecule is CC(C)(C)OC(=O)N[C@H]1CCCCCC=C[C@@H]2C[C@@]2(C(=O)NS(=O)(=O)c2cccc3c(Cl)cccc23)NC(=O)[C@@H]2CCCN2C1=O. The lowest BCUT2D eigenvalue weighted by Gasteiger charge is -2.30. The quantitative estimate of drug-likeness (QED) is 0.403. The number of hydrogen-bond acceptors (Lipinski definition) is 7. The van der Waals surface area contributed by atoms with E-state index in [0.717, 1.165) is 12.8 Å². The van der Waals surface area contributed by atoms with Gasteiger partial charge in [0, 0.05) is 28.3 Å². The lowest BCUT2D eigenvalue weighted by molar-refractivity contribution is -0.141. The van der Waals surface area contributed by atoms with Crippen molar-refractivity contribution in [3.63, 3.8) is 0 Å². The average molecular weight is 673 g/mol. The van der Waals surface area contributed by atoms with Crippen LogP contribution < -0.4 is 15.4 Å². The van der Waals surface area contributed by atoms with Crippen molar-refractivity contribution in [1.82, 2.24) is 20.3 Å². The van der Waals surface area contributed by atoms with Crippen LogP contribution in [-0.2, 0) is 29.1 Å². The van der Waals surface area contributed by atoms with Crippen LogP contribution in [-0.4, -0.2) is 66.9 Å². The van der Waals surface area contributed by atoms with Gasteiger partial charge >= 0.3 is 6.09 Å². The van der Waals surface area contributed by atoms with E-state index in [1.165, 1.54) is 11.0 Å². The Hall–Kier alpha value is -3.64. The molecule has 0 aromatic heterocycles. The Morgan fingerprint density at radius 2 is 1.76 bits per heavy atom. The lowest BCUT2D eigenvalue weighted by atomic mass is 10.0. The monoisotopic (exact) mass is 672 g/mol. The van der Waals surface area contributed by atoms with Gasteiger partial charge in [-0.25, -0.2) is 17.9 Å². The maximum atomic E-state index is 13.8. The van der Waals surface area contributed by atoms with E-state index in [9.17, 15) is 27.6 Å². The number of hydrogen-bond donors (Lipinski definition) is 3.